The maximum absolute atomic E-state index is 12.3. The van der Waals surface area contributed by atoms with E-state index in [1.807, 2.05) is 19.1 Å². The Morgan fingerprint density at radius 3 is 2.57 bits per heavy atom. The summed E-state index contributed by atoms with van der Waals surface area (Å²) in [6.45, 7) is 1.98. The molecule has 0 unspecified atom stereocenters. The number of aliphatic hydroxyl groups excluding tert-OH is 1. The molecule has 0 bridgehead atoms. The zero-order chi connectivity index (χ0) is 15.3. The maximum Gasteiger partial charge on any atom is 0.261 e. The Kier molecular flexibility index (Phi) is 4.98. The van der Waals surface area contributed by atoms with Crippen molar-refractivity contribution in [1.82, 2.24) is 0 Å². The van der Waals surface area contributed by atoms with E-state index in [0.29, 0.717) is 12.1 Å². The third-order valence-corrected chi connectivity index (χ3v) is 4.48. The van der Waals surface area contributed by atoms with Gasteiger partial charge in [0.15, 0.2) is 0 Å². The smallest absolute Gasteiger partial charge is 0.261 e. The quantitative estimate of drug-likeness (QED) is 0.862. The summed E-state index contributed by atoms with van der Waals surface area (Å²) >= 11 is 0. The topological polar surface area (TPSA) is 66.4 Å². The first-order valence-electron chi connectivity index (χ1n) is 6.80. The summed E-state index contributed by atoms with van der Waals surface area (Å²) in [7, 11) is -3.57. The Morgan fingerprint density at radius 1 is 1.10 bits per heavy atom. The summed E-state index contributed by atoms with van der Waals surface area (Å²) in [6.07, 6.45) is 1.38. The van der Waals surface area contributed by atoms with Crippen molar-refractivity contribution < 1.29 is 13.5 Å². The zero-order valence-corrected chi connectivity index (χ0v) is 12.7. The van der Waals surface area contributed by atoms with Gasteiger partial charge >= 0.3 is 0 Å². The largest absolute Gasteiger partial charge is 0.396 e. The van der Waals surface area contributed by atoms with Gasteiger partial charge in [-0.15, -0.1) is 0 Å². The summed E-state index contributed by atoms with van der Waals surface area (Å²) in [4.78, 5) is 0.253. The molecule has 5 heteroatoms. The van der Waals surface area contributed by atoms with Crippen LogP contribution in [0.2, 0.25) is 0 Å². The first kappa shape index (κ1) is 15.5. The van der Waals surface area contributed by atoms with Crippen LogP contribution in [0.15, 0.2) is 53.4 Å². The molecule has 2 N–H and O–H groups in total. The monoisotopic (exact) mass is 305 g/mol. The molecule has 0 saturated heterocycles. The fraction of sp³-hybridized carbons (Fsp3) is 0.250. The fourth-order valence-corrected chi connectivity index (χ4v) is 3.22. The fourth-order valence-electron chi connectivity index (χ4n) is 2.07. The van der Waals surface area contributed by atoms with Gasteiger partial charge in [-0.2, -0.15) is 0 Å². The van der Waals surface area contributed by atoms with Crippen LogP contribution in [-0.4, -0.2) is 20.1 Å². The standard InChI is InChI=1S/C16H19NO3S/c1-13-5-2-9-16(11-13)21(19,20)17-15-8-3-6-14(12-15)7-4-10-18/h2-3,5-6,8-9,11-12,17-18H,4,7,10H2,1H3. The molecule has 0 heterocycles. The van der Waals surface area contributed by atoms with E-state index in [1.54, 1.807) is 36.4 Å². The Balaban J connectivity index is 2.20. The van der Waals surface area contributed by atoms with E-state index in [-0.39, 0.29) is 11.5 Å². The zero-order valence-electron chi connectivity index (χ0n) is 11.9. The summed E-state index contributed by atoms with van der Waals surface area (Å²) in [6, 6.07) is 14.0. The molecule has 0 radical (unpaired) electrons. The van der Waals surface area contributed by atoms with Gasteiger partial charge < -0.3 is 5.11 Å². The predicted octanol–water partition coefficient (Wildman–Crippen LogP) is 2.72. The van der Waals surface area contributed by atoms with Crippen LogP contribution in [-0.2, 0) is 16.4 Å². The average molecular weight is 305 g/mol. The van der Waals surface area contributed by atoms with Crippen LogP contribution < -0.4 is 4.72 Å². The van der Waals surface area contributed by atoms with Crippen LogP contribution in [0, 0.1) is 6.92 Å². The van der Waals surface area contributed by atoms with Crippen LogP contribution >= 0.6 is 0 Å². The Morgan fingerprint density at radius 2 is 1.86 bits per heavy atom. The number of nitrogens with one attached hydrogen (secondary N) is 1. The molecule has 0 spiro atoms. The van der Waals surface area contributed by atoms with Crippen LogP contribution in [0.1, 0.15) is 17.5 Å². The number of aryl methyl sites for hydroxylation is 2. The number of hydrogen-bond donors (Lipinski definition) is 2. The molecule has 0 aromatic heterocycles. The first-order chi connectivity index (χ1) is 10.0. The van der Waals surface area contributed by atoms with Crippen LogP contribution in [0.3, 0.4) is 0 Å². The summed E-state index contributed by atoms with van der Waals surface area (Å²) in [5, 5.41) is 8.85. The highest BCUT2D eigenvalue weighted by Gasteiger charge is 2.14. The lowest BCUT2D eigenvalue weighted by Crippen LogP contribution is -2.13. The molecule has 0 aliphatic rings. The minimum Gasteiger partial charge on any atom is -0.396 e. The second kappa shape index (κ2) is 6.74. The van der Waals surface area contributed by atoms with Gasteiger partial charge in [0.25, 0.3) is 10.0 Å². The number of benzene rings is 2. The van der Waals surface area contributed by atoms with Crippen LogP contribution in [0.25, 0.3) is 0 Å². The van der Waals surface area contributed by atoms with E-state index in [4.69, 9.17) is 5.11 Å². The first-order valence-corrected chi connectivity index (χ1v) is 8.29. The maximum atomic E-state index is 12.3. The van der Waals surface area contributed by atoms with E-state index in [1.165, 1.54) is 0 Å². The number of sulfonamides is 1. The minimum absolute atomic E-state index is 0.124. The van der Waals surface area contributed by atoms with Gasteiger partial charge in [0.1, 0.15) is 0 Å². The predicted molar refractivity (Wildman–Crippen MR) is 83.8 cm³/mol. The molecule has 21 heavy (non-hydrogen) atoms. The van der Waals surface area contributed by atoms with Crippen molar-refractivity contribution in [2.45, 2.75) is 24.7 Å². The van der Waals surface area contributed by atoms with Crippen molar-refractivity contribution in [3.63, 3.8) is 0 Å². The molecule has 2 aromatic rings. The van der Waals surface area contributed by atoms with Gasteiger partial charge in [-0.1, -0.05) is 24.3 Å². The Hall–Kier alpha value is -1.85. The average Bonchev–Trinajstić information content (AvgIpc) is 2.45. The summed E-state index contributed by atoms with van der Waals surface area (Å²) < 4.78 is 27.2. The lowest BCUT2D eigenvalue weighted by molar-refractivity contribution is 0.288. The van der Waals surface area contributed by atoms with Crippen molar-refractivity contribution in [2.24, 2.45) is 0 Å². The van der Waals surface area contributed by atoms with Crippen LogP contribution in [0.4, 0.5) is 5.69 Å². The van der Waals surface area contributed by atoms with Gasteiger partial charge in [-0.3, -0.25) is 4.72 Å². The Bertz CT molecular complexity index is 711. The van der Waals surface area contributed by atoms with E-state index in [9.17, 15) is 8.42 Å². The van der Waals surface area contributed by atoms with Crippen LogP contribution in [0.5, 0.6) is 0 Å². The Labute approximate surface area is 125 Å². The minimum atomic E-state index is -3.57. The molecule has 0 aliphatic heterocycles. The molecule has 2 rings (SSSR count). The van der Waals surface area contributed by atoms with E-state index in [0.717, 1.165) is 17.5 Å². The molecule has 0 amide bonds. The molecule has 0 atom stereocenters. The van der Waals surface area contributed by atoms with E-state index >= 15 is 0 Å². The van der Waals surface area contributed by atoms with Crippen molar-refractivity contribution in [2.75, 3.05) is 11.3 Å². The van der Waals surface area contributed by atoms with Crippen molar-refractivity contribution in [1.29, 1.82) is 0 Å². The molecule has 112 valence electrons. The molecule has 0 aliphatic carbocycles. The van der Waals surface area contributed by atoms with Gasteiger partial charge in [0.05, 0.1) is 4.90 Å². The van der Waals surface area contributed by atoms with Crippen molar-refractivity contribution in [3.05, 3.63) is 59.7 Å². The summed E-state index contributed by atoms with van der Waals surface area (Å²) in [5.74, 6) is 0. The lowest BCUT2D eigenvalue weighted by Gasteiger charge is -2.10. The van der Waals surface area contributed by atoms with Gasteiger partial charge in [-0.25, -0.2) is 8.42 Å². The van der Waals surface area contributed by atoms with Gasteiger partial charge in [0.2, 0.25) is 0 Å². The number of hydrogen-bond acceptors (Lipinski definition) is 3. The van der Waals surface area contributed by atoms with Gasteiger partial charge in [0, 0.05) is 12.3 Å². The van der Waals surface area contributed by atoms with Crippen molar-refractivity contribution >= 4 is 15.7 Å². The van der Waals surface area contributed by atoms with E-state index < -0.39 is 10.0 Å². The highest BCUT2D eigenvalue weighted by Crippen LogP contribution is 2.18. The summed E-state index contributed by atoms with van der Waals surface area (Å²) in [5.41, 5.74) is 2.43. The molecular formula is C16H19NO3S. The normalized spacial score (nSPS) is 11.3. The lowest BCUT2D eigenvalue weighted by atomic mass is 10.1. The molecule has 2 aromatic carbocycles. The highest BCUT2D eigenvalue weighted by molar-refractivity contribution is 7.92. The van der Waals surface area contributed by atoms with E-state index in [2.05, 4.69) is 4.72 Å². The number of rotatable bonds is 6. The van der Waals surface area contributed by atoms with Gasteiger partial charge in [-0.05, 0) is 55.2 Å². The SMILES string of the molecule is Cc1cccc(S(=O)(=O)Nc2cccc(CCCO)c2)c1. The molecule has 0 fully saturated rings. The second-order valence-corrected chi connectivity index (χ2v) is 6.63. The number of anilines is 1. The second-order valence-electron chi connectivity index (χ2n) is 4.95. The molecular weight excluding hydrogens is 286 g/mol. The third kappa shape index (κ3) is 4.31. The number of aliphatic hydroxyl groups is 1. The third-order valence-electron chi connectivity index (χ3n) is 3.10. The van der Waals surface area contributed by atoms with Crippen molar-refractivity contribution in [3.8, 4) is 0 Å². The highest BCUT2D eigenvalue weighted by atomic mass is 32.2. The molecule has 4 nitrogen and oxygen atoms in total. The molecule has 0 saturated carbocycles.